The highest BCUT2D eigenvalue weighted by molar-refractivity contribution is 6.93. The van der Waals surface area contributed by atoms with E-state index >= 15 is 0 Å². The molecule has 0 saturated heterocycles. The fourth-order valence-electron chi connectivity index (χ4n) is 5.63. The molecule has 0 saturated carbocycles. The Morgan fingerprint density at radius 2 is 1.31 bits per heavy atom. The topological polar surface area (TPSA) is 0 Å². The first-order valence-electron chi connectivity index (χ1n) is 11.7. The number of rotatable bonds is 4. The maximum Gasteiger partial charge on any atom is 0.0779 e. The fourth-order valence-corrected chi connectivity index (χ4v) is 7.40. The van der Waals surface area contributed by atoms with Crippen molar-refractivity contribution in [1.29, 1.82) is 0 Å². The van der Waals surface area contributed by atoms with E-state index in [1.54, 1.807) is 27.5 Å². The first-order valence-corrected chi connectivity index (χ1v) is 15.2. The molecule has 3 aromatic rings. The van der Waals surface area contributed by atoms with Crippen molar-refractivity contribution in [2.45, 2.75) is 77.9 Å². The maximum atomic E-state index is 2.58. The first kappa shape index (κ1) is 19.1. The molecule has 0 aromatic heterocycles. The molecule has 2 aliphatic carbocycles. The molecule has 0 N–H and O–H groups in total. The van der Waals surface area contributed by atoms with Gasteiger partial charge in [0.25, 0.3) is 0 Å². The van der Waals surface area contributed by atoms with Crippen molar-refractivity contribution in [3.8, 4) is 0 Å². The molecule has 29 heavy (non-hydrogen) atoms. The SMILES string of the molecule is CCC/C=C(\c1cc2cc3c(cc2c2cc4c(cc12)CCC4)CCC3)[Si](C)(C)C. The Labute approximate surface area is 177 Å². The van der Waals surface area contributed by atoms with Gasteiger partial charge in [-0.1, -0.05) is 68.5 Å². The van der Waals surface area contributed by atoms with Gasteiger partial charge < -0.3 is 0 Å². The Morgan fingerprint density at radius 1 is 0.759 bits per heavy atom. The van der Waals surface area contributed by atoms with Gasteiger partial charge in [0.15, 0.2) is 0 Å². The molecule has 0 bridgehead atoms. The third-order valence-electron chi connectivity index (χ3n) is 7.11. The summed E-state index contributed by atoms with van der Waals surface area (Å²) >= 11 is 0. The summed E-state index contributed by atoms with van der Waals surface area (Å²) in [7, 11) is -1.45. The van der Waals surface area contributed by atoms with Gasteiger partial charge in [0.05, 0.1) is 8.07 Å². The predicted octanol–water partition coefficient (Wildman–Crippen LogP) is 8.03. The molecule has 1 heteroatoms. The van der Waals surface area contributed by atoms with Gasteiger partial charge in [0.1, 0.15) is 0 Å². The molecule has 0 spiro atoms. The summed E-state index contributed by atoms with van der Waals surface area (Å²) in [6, 6.07) is 12.7. The summed E-state index contributed by atoms with van der Waals surface area (Å²) in [6.45, 7) is 9.84. The molecule has 0 heterocycles. The Balaban J connectivity index is 1.88. The van der Waals surface area contributed by atoms with E-state index in [4.69, 9.17) is 0 Å². The zero-order valence-corrected chi connectivity index (χ0v) is 19.6. The number of benzene rings is 3. The molecule has 0 radical (unpaired) electrons. The average molecular weight is 399 g/mol. The molecular weight excluding hydrogens is 364 g/mol. The monoisotopic (exact) mass is 398 g/mol. The minimum atomic E-state index is -1.45. The number of aryl methyl sites for hydroxylation is 4. The van der Waals surface area contributed by atoms with Gasteiger partial charge in [0, 0.05) is 0 Å². The molecule has 150 valence electrons. The van der Waals surface area contributed by atoms with E-state index < -0.39 is 8.07 Å². The lowest BCUT2D eigenvalue weighted by molar-refractivity contribution is 0.912. The van der Waals surface area contributed by atoms with Gasteiger partial charge in [-0.05, 0) is 100 Å². The molecule has 0 fully saturated rings. The molecule has 0 nitrogen and oxygen atoms in total. The van der Waals surface area contributed by atoms with Crippen molar-refractivity contribution in [2.24, 2.45) is 0 Å². The van der Waals surface area contributed by atoms with Crippen LogP contribution in [0.2, 0.25) is 19.6 Å². The minimum absolute atomic E-state index is 1.19. The van der Waals surface area contributed by atoms with Crippen molar-refractivity contribution in [3.63, 3.8) is 0 Å². The van der Waals surface area contributed by atoms with Crippen LogP contribution in [0.25, 0.3) is 26.7 Å². The molecule has 3 aromatic carbocycles. The summed E-state index contributed by atoms with van der Waals surface area (Å²) in [5.74, 6) is 0. The van der Waals surface area contributed by atoms with Crippen LogP contribution in [0, 0.1) is 0 Å². The van der Waals surface area contributed by atoms with Crippen LogP contribution in [0.1, 0.15) is 60.4 Å². The van der Waals surface area contributed by atoms with Crippen molar-refractivity contribution in [3.05, 3.63) is 64.2 Å². The van der Waals surface area contributed by atoms with Crippen LogP contribution in [-0.2, 0) is 25.7 Å². The largest absolute Gasteiger partial charge is 0.0847 e. The zero-order chi connectivity index (χ0) is 20.2. The number of unbranched alkanes of at least 4 members (excludes halogenated alkanes) is 1. The standard InChI is InChI=1S/C28H34Si/c1-5-6-13-28(29(2,3)4)27-18-23-14-19-9-7-10-20(19)15-24(23)25-16-21-11-8-12-22(21)17-26(25)27/h13-18H,5-12H2,1-4H3/b28-13+. The van der Waals surface area contributed by atoms with Crippen LogP contribution in [0.3, 0.4) is 0 Å². The number of hydrogen-bond donors (Lipinski definition) is 0. The molecule has 0 aliphatic heterocycles. The lowest BCUT2D eigenvalue weighted by atomic mass is 9.91. The van der Waals surface area contributed by atoms with E-state index in [-0.39, 0.29) is 0 Å². The van der Waals surface area contributed by atoms with E-state index in [2.05, 4.69) is 63.0 Å². The van der Waals surface area contributed by atoms with Crippen molar-refractivity contribution >= 4 is 34.8 Å². The van der Waals surface area contributed by atoms with Gasteiger partial charge in [-0.3, -0.25) is 0 Å². The molecule has 0 amide bonds. The van der Waals surface area contributed by atoms with E-state index in [9.17, 15) is 0 Å². The summed E-state index contributed by atoms with van der Waals surface area (Å²) in [5.41, 5.74) is 7.93. The van der Waals surface area contributed by atoms with E-state index in [0.717, 1.165) is 0 Å². The van der Waals surface area contributed by atoms with Crippen molar-refractivity contribution < 1.29 is 0 Å². The molecule has 0 unspecified atom stereocenters. The number of fused-ring (bicyclic) bond motifs is 5. The second-order valence-corrected chi connectivity index (χ2v) is 15.3. The Morgan fingerprint density at radius 3 is 1.90 bits per heavy atom. The fraction of sp³-hybridized carbons (Fsp3) is 0.429. The quantitative estimate of drug-likeness (QED) is 0.308. The predicted molar refractivity (Wildman–Crippen MR) is 132 cm³/mol. The molecule has 2 aliphatic rings. The highest BCUT2D eigenvalue weighted by Crippen LogP contribution is 2.41. The third-order valence-corrected chi connectivity index (χ3v) is 9.20. The minimum Gasteiger partial charge on any atom is -0.0847 e. The third kappa shape index (κ3) is 3.28. The lowest BCUT2D eigenvalue weighted by Crippen LogP contribution is -2.23. The average Bonchev–Trinajstić information content (AvgIpc) is 3.32. The van der Waals surface area contributed by atoms with Crippen LogP contribution in [0.4, 0.5) is 0 Å². The summed E-state index contributed by atoms with van der Waals surface area (Å²) in [6.07, 6.45) is 12.7. The van der Waals surface area contributed by atoms with Gasteiger partial charge in [-0.15, -0.1) is 0 Å². The van der Waals surface area contributed by atoms with E-state index in [1.807, 2.05) is 0 Å². The Hall–Kier alpha value is -1.86. The Kier molecular flexibility index (Phi) is 4.70. The first-order chi connectivity index (χ1) is 14.0. The molecule has 0 atom stereocenters. The summed E-state index contributed by atoms with van der Waals surface area (Å²) < 4.78 is 0. The normalized spacial score (nSPS) is 16.6. The van der Waals surface area contributed by atoms with Crippen LogP contribution < -0.4 is 0 Å². The van der Waals surface area contributed by atoms with Crippen LogP contribution in [-0.4, -0.2) is 8.07 Å². The zero-order valence-electron chi connectivity index (χ0n) is 18.6. The van der Waals surface area contributed by atoms with Gasteiger partial charge in [-0.2, -0.15) is 0 Å². The van der Waals surface area contributed by atoms with Crippen LogP contribution >= 0.6 is 0 Å². The van der Waals surface area contributed by atoms with E-state index in [1.165, 1.54) is 78.5 Å². The highest BCUT2D eigenvalue weighted by Gasteiger charge is 2.25. The van der Waals surface area contributed by atoms with Gasteiger partial charge in [0.2, 0.25) is 0 Å². The second-order valence-electron chi connectivity index (χ2n) is 10.3. The van der Waals surface area contributed by atoms with Crippen LogP contribution in [0.5, 0.6) is 0 Å². The lowest BCUT2D eigenvalue weighted by Gasteiger charge is -2.25. The number of hydrogen-bond acceptors (Lipinski definition) is 0. The molecular formula is C28H34Si. The Bertz CT molecular complexity index is 1140. The maximum absolute atomic E-state index is 2.58. The highest BCUT2D eigenvalue weighted by atomic mass is 28.3. The molecule has 5 rings (SSSR count). The van der Waals surface area contributed by atoms with Crippen molar-refractivity contribution in [2.75, 3.05) is 0 Å². The number of allylic oxidation sites excluding steroid dienone is 1. The summed E-state index contributed by atoms with van der Waals surface area (Å²) in [5, 5.41) is 7.63. The van der Waals surface area contributed by atoms with E-state index in [0.29, 0.717) is 0 Å². The van der Waals surface area contributed by atoms with Gasteiger partial charge in [-0.25, -0.2) is 0 Å². The summed E-state index contributed by atoms with van der Waals surface area (Å²) in [4.78, 5) is 0. The van der Waals surface area contributed by atoms with Crippen molar-refractivity contribution in [1.82, 2.24) is 0 Å². The van der Waals surface area contributed by atoms with Gasteiger partial charge >= 0.3 is 0 Å². The second kappa shape index (κ2) is 7.13. The smallest absolute Gasteiger partial charge is 0.0779 e. The van der Waals surface area contributed by atoms with Crippen LogP contribution in [0.15, 0.2) is 36.4 Å².